The fourth-order valence-electron chi connectivity index (χ4n) is 2.58. The molecule has 1 N–H and O–H groups in total. The summed E-state index contributed by atoms with van der Waals surface area (Å²) in [5.74, 6) is -1.45. The summed E-state index contributed by atoms with van der Waals surface area (Å²) in [7, 11) is 0. The van der Waals surface area contributed by atoms with E-state index in [-0.39, 0.29) is 23.8 Å². The van der Waals surface area contributed by atoms with Crippen molar-refractivity contribution < 1.29 is 29.2 Å². The van der Waals surface area contributed by atoms with Crippen LogP contribution < -0.4 is 0 Å². The number of hydrogen-bond donors (Lipinski definition) is 1. The Kier molecular flexibility index (Phi) is 7.94. The zero-order chi connectivity index (χ0) is 20.7. The predicted molar refractivity (Wildman–Crippen MR) is 101 cm³/mol. The van der Waals surface area contributed by atoms with Crippen molar-refractivity contribution in [2.45, 2.75) is 57.2 Å². The van der Waals surface area contributed by atoms with Gasteiger partial charge in [-0.25, -0.2) is 4.79 Å². The van der Waals surface area contributed by atoms with Gasteiger partial charge in [0.25, 0.3) is 5.69 Å². The summed E-state index contributed by atoms with van der Waals surface area (Å²) in [6, 6.07) is 5.41. The van der Waals surface area contributed by atoms with Gasteiger partial charge in [-0.3, -0.25) is 24.6 Å². The first-order valence-corrected chi connectivity index (χ1v) is 9.80. The molecule has 0 bridgehead atoms. The Morgan fingerprint density at radius 1 is 1.36 bits per heavy atom. The van der Waals surface area contributed by atoms with Gasteiger partial charge in [0.05, 0.1) is 16.7 Å². The van der Waals surface area contributed by atoms with Crippen molar-refractivity contribution in [2.24, 2.45) is 0 Å². The third kappa shape index (κ3) is 5.77. The summed E-state index contributed by atoms with van der Waals surface area (Å²) in [6.07, 6.45) is 1.38. The second kappa shape index (κ2) is 10.2. The molecule has 1 amide bonds. The number of benzene rings is 1. The van der Waals surface area contributed by atoms with Crippen LogP contribution in [-0.2, 0) is 25.7 Å². The molecule has 0 spiro atoms. The third-order valence-electron chi connectivity index (χ3n) is 4.20. The Bertz CT molecular complexity index is 738. The van der Waals surface area contributed by atoms with E-state index in [1.54, 1.807) is 0 Å². The Labute approximate surface area is 166 Å². The molecule has 1 heterocycles. The Balaban J connectivity index is 1.84. The number of ether oxygens (including phenoxy) is 1. The topological polar surface area (TPSA) is 127 Å². The summed E-state index contributed by atoms with van der Waals surface area (Å²) in [5.41, 5.74) is 0.405. The lowest BCUT2D eigenvalue weighted by molar-refractivity contribution is -0.384. The minimum atomic E-state index is -1.79. The van der Waals surface area contributed by atoms with E-state index in [0.717, 1.165) is 35.9 Å². The number of β-lactam (4-membered cyclic amide) rings is 1. The van der Waals surface area contributed by atoms with Crippen molar-refractivity contribution in [3.8, 4) is 0 Å². The molecule has 10 heteroatoms. The zero-order valence-electron chi connectivity index (χ0n) is 15.4. The van der Waals surface area contributed by atoms with Gasteiger partial charge in [0.15, 0.2) is 5.12 Å². The van der Waals surface area contributed by atoms with E-state index in [0.29, 0.717) is 12.0 Å². The Hall–Kier alpha value is -2.46. The Morgan fingerprint density at radius 3 is 2.61 bits per heavy atom. The monoisotopic (exact) mass is 410 g/mol. The van der Waals surface area contributed by atoms with Crippen LogP contribution >= 0.6 is 11.8 Å². The van der Waals surface area contributed by atoms with Crippen LogP contribution in [0.1, 0.15) is 44.6 Å². The van der Waals surface area contributed by atoms with Crippen LogP contribution in [0.5, 0.6) is 0 Å². The number of carbonyl (C=O) groups is 3. The normalized spacial score (nSPS) is 17.0. The van der Waals surface area contributed by atoms with Gasteiger partial charge in [0.2, 0.25) is 12.1 Å². The SMILES string of the molecule is CCCCCC(=O)S[C@@H]1CC(=O)N1C(O)C(=O)OCc1ccc([N+](=O)[O-])cc1. The minimum absolute atomic E-state index is 0.0802. The third-order valence-corrected chi connectivity index (χ3v) is 5.33. The highest BCUT2D eigenvalue weighted by Crippen LogP contribution is 2.32. The number of thioether (sulfide) groups is 1. The molecule has 0 aromatic heterocycles. The standard InChI is InChI=1S/C18H22N2O7S/c1-2-3-4-5-16(22)28-15-10-14(21)19(15)17(23)18(24)27-11-12-6-8-13(9-7-12)20(25)26/h6-9,15,17,23H,2-5,10-11H2,1H3/t15-,17?/m1/s1. The van der Waals surface area contributed by atoms with E-state index in [9.17, 15) is 29.6 Å². The molecular formula is C18H22N2O7S. The molecule has 1 saturated heterocycles. The average Bonchev–Trinajstić information content (AvgIpc) is 2.66. The first-order valence-electron chi connectivity index (χ1n) is 8.92. The molecule has 0 saturated carbocycles. The van der Waals surface area contributed by atoms with Gasteiger partial charge in [0, 0.05) is 18.6 Å². The molecular weight excluding hydrogens is 388 g/mol. The van der Waals surface area contributed by atoms with E-state index in [1.165, 1.54) is 24.3 Å². The smallest absolute Gasteiger partial charge is 0.356 e. The number of hydrogen-bond acceptors (Lipinski definition) is 8. The lowest BCUT2D eigenvalue weighted by Crippen LogP contribution is -2.59. The molecule has 1 aliphatic heterocycles. The molecule has 1 aromatic rings. The van der Waals surface area contributed by atoms with Crippen molar-refractivity contribution in [1.82, 2.24) is 4.90 Å². The molecule has 1 aliphatic rings. The van der Waals surface area contributed by atoms with Crippen molar-refractivity contribution in [3.05, 3.63) is 39.9 Å². The van der Waals surface area contributed by atoms with Gasteiger partial charge in [-0.2, -0.15) is 0 Å². The molecule has 2 atom stereocenters. The van der Waals surface area contributed by atoms with Gasteiger partial charge >= 0.3 is 5.97 Å². The van der Waals surface area contributed by atoms with Crippen LogP contribution in [0.2, 0.25) is 0 Å². The Morgan fingerprint density at radius 2 is 2.04 bits per heavy atom. The molecule has 28 heavy (non-hydrogen) atoms. The summed E-state index contributed by atoms with van der Waals surface area (Å²) >= 11 is 0.948. The van der Waals surface area contributed by atoms with Crippen LogP contribution in [0.25, 0.3) is 0 Å². The number of unbranched alkanes of at least 4 members (excludes halogenated alkanes) is 2. The highest BCUT2D eigenvalue weighted by Gasteiger charge is 2.45. The van der Waals surface area contributed by atoms with Crippen molar-refractivity contribution >= 4 is 34.4 Å². The van der Waals surface area contributed by atoms with E-state index < -0.39 is 28.4 Å². The summed E-state index contributed by atoms with van der Waals surface area (Å²) in [6.45, 7) is 1.83. The number of amides is 1. The summed E-state index contributed by atoms with van der Waals surface area (Å²) in [4.78, 5) is 46.8. The van der Waals surface area contributed by atoms with Gasteiger partial charge in [0.1, 0.15) is 6.61 Å². The highest BCUT2D eigenvalue weighted by molar-refractivity contribution is 8.14. The van der Waals surface area contributed by atoms with E-state index in [2.05, 4.69) is 0 Å². The first-order chi connectivity index (χ1) is 13.3. The fourth-order valence-corrected chi connectivity index (χ4v) is 3.72. The maximum absolute atomic E-state index is 12.0. The number of nitro groups is 1. The van der Waals surface area contributed by atoms with E-state index in [1.807, 2.05) is 6.92 Å². The molecule has 2 rings (SSSR count). The van der Waals surface area contributed by atoms with Crippen LogP contribution in [0.3, 0.4) is 0 Å². The fraction of sp³-hybridized carbons (Fsp3) is 0.500. The van der Waals surface area contributed by atoms with Gasteiger partial charge in [-0.15, -0.1) is 0 Å². The summed E-state index contributed by atoms with van der Waals surface area (Å²) in [5, 5.41) is 20.1. The van der Waals surface area contributed by atoms with Crippen LogP contribution in [0.15, 0.2) is 24.3 Å². The summed E-state index contributed by atoms with van der Waals surface area (Å²) < 4.78 is 4.98. The second-order valence-electron chi connectivity index (χ2n) is 6.31. The highest BCUT2D eigenvalue weighted by atomic mass is 32.2. The van der Waals surface area contributed by atoms with Crippen LogP contribution in [0, 0.1) is 10.1 Å². The number of non-ortho nitro benzene ring substituents is 1. The van der Waals surface area contributed by atoms with Crippen molar-refractivity contribution in [1.29, 1.82) is 0 Å². The number of rotatable bonds is 10. The number of aliphatic hydroxyl groups excluding tert-OH is 1. The predicted octanol–water partition coefficient (Wildman–Crippen LogP) is 2.35. The number of nitro benzene ring substituents is 1. The largest absolute Gasteiger partial charge is 0.457 e. The molecule has 9 nitrogen and oxygen atoms in total. The van der Waals surface area contributed by atoms with Crippen LogP contribution in [-0.4, -0.2) is 43.5 Å². The van der Waals surface area contributed by atoms with Gasteiger partial charge in [-0.05, 0) is 24.1 Å². The number of nitrogens with zero attached hydrogens (tertiary/aromatic N) is 2. The van der Waals surface area contributed by atoms with Crippen LogP contribution in [0.4, 0.5) is 5.69 Å². The molecule has 1 unspecified atom stereocenters. The number of carbonyl (C=O) groups excluding carboxylic acids is 3. The van der Waals surface area contributed by atoms with Gasteiger partial charge in [-0.1, -0.05) is 31.5 Å². The van der Waals surface area contributed by atoms with Gasteiger partial charge < -0.3 is 9.84 Å². The minimum Gasteiger partial charge on any atom is -0.457 e. The molecule has 1 fully saturated rings. The maximum atomic E-state index is 12.0. The molecule has 0 radical (unpaired) electrons. The van der Waals surface area contributed by atoms with E-state index >= 15 is 0 Å². The number of aliphatic hydroxyl groups is 1. The lowest BCUT2D eigenvalue weighted by Gasteiger charge is -2.41. The average molecular weight is 410 g/mol. The maximum Gasteiger partial charge on any atom is 0.356 e. The zero-order valence-corrected chi connectivity index (χ0v) is 16.2. The second-order valence-corrected chi connectivity index (χ2v) is 7.55. The molecule has 152 valence electrons. The molecule has 1 aromatic carbocycles. The number of esters is 1. The first kappa shape index (κ1) is 21.8. The number of likely N-dealkylation sites (tertiary alicyclic amines) is 1. The van der Waals surface area contributed by atoms with Crippen molar-refractivity contribution in [3.63, 3.8) is 0 Å². The quantitative estimate of drug-likeness (QED) is 0.205. The lowest BCUT2D eigenvalue weighted by atomic mass is 10.2. The van der Waals surface area contributed by atoms with Crippen molar-refractivity contribution in [2.75, 3.05) is 0 Å². The van der Waals surface area contributed by atoms with E-state index in [4.69, 9.17) is 4.74 Å². The molecule has 0 aliphatic carbocycles.